The van der Waals surface area contributed by atoms with Gasteiger partial charge in [-0.05, 0) is 33.3 Å². The smallest absolute Gasteiger partial charge is 0.203 e. The zero-order valence-corrected chi connectivity index (χ0v) is 7.74. The van der Waals surface area contributed by atoms with Gasteiger partial charge in [0.25, 0.3) is 0 Å². The van der Waals surface area contributed by atoms with Crippen molar-refractivity contribution in [3.05, 3.63) is 11.8 Å². The molecule has 10 heavy (non-hydrogen) atoms. The van der Waals surface area contributed by atoms with Gasteiger partial charge in [0.05, 0.1) is 6.26 Å². The van der Waals surface area contributed by atoms with Crippen LogP contribution in [0.3, 0.4) is 0 Å². The molecule has 0 radical (unpaired) electrons. The molecule has 2 nitrogen and oxygen atoms in total. The van der Waals surface area contributed by atoms with Crippen molar-refractivity contribution < 1.29 is 9.30 Å². The van der Waals surface area contributed by atoms with Gasteiger partial charge in [0.2, 0.25) is 8.46 Å². The first kappa shape index (κ1) is 9.64. The number of rotatable bonds is 3. The SMILES string of the molecule is CC(C)=COC(C)(C)P=O. The highest BCUT2D eigenvalue weighted by molar-refractivity contribution is 7.25. The fourth-order valence-electron chi connectivity index (χ4n) is 0.284. The van der Waals surface area contributed by atoms with Crippen LogP contribution in [0.15, 0.2) is 11.8 Å². The van der Waals surface area contributed by atoms with Crippen molar-refractivity contribution in [2.24, 2.45) is 0 Å². The lowest BCUT2D eigenvalue weighted by atomic mass is 10.4. The second kappa shape index (κ2) is 3.72. The van der Waals surface area contributed by atoms with Crippen LogP contribution in [0, 0.1) is 0 Å². The molecule has 0 aromatic carbocycles. The molecule has 0 N–H and O–H groups in total. The lowest BCUT2D eigenvalue weighted by Gasteiger charge is -2.14. The normalized spacial score (nSPS) is 11.2. The molecule has 0 fully saturated rings. The first-order valence-corrected chi connectivity index (χ1v) is 3.95. The maximum Gasteiger partial charge on any atom is 0.203 e. The third-order valence-electron chi connectivity index (χ3n) is 0.803. The number of hydrogen-bond donors (Lipinski definition) is 0. The summed E-state index contributed by atoms with van der Waals surface area (Å²) < 4.78 is 15.5. The minimum atomic E-state index is -0.586. The van der Waals surface area contributed by atoms with Gasteiger partial charge in [-0.2, -0.15) is 0 Å². The Morgan fingerprint density at radius 2 is 2.00 bits per heavy atom. The Bertz CT molecular complexity index is 146. The van der Waals surface area contributed by atoms with Gasteiger partial charge in [-0.15, -0.1) is 0 Å². The molecule has 0 spiro atoms. The molecule has 3 heteroatoms. The Hall–Kier alpha value is -0.360. The maximum absolute atomic E-state index is 10.4. The van der Waals surface area contributed by atoms with Crippen LogP contribution in [-0.4, -0.2) is 5.34 Å². The molecule has 0 aliphatic rings. The summed E-state index contributed by atoms with van der Waals surface area (Å²) in [6, 6.07) is 0. The van der Waals surface area contributed by atoms with Crippen LogP contribution >= 0.6 is 8.46 Å². The van der Waals surface area contributed by atoms with Crippen molar-refractivity contribution in [2.45, 2.75) is 33.0 Å². The molecule has 0 amide bonds. The van der Waals surface area contributed by atoms with Gasteiger partial charge in [-0.1, -0.05) is 0 Å². The standard InChI is InChI=1S/C7H13O2P/c1-6(2)5-9-7(3,4)10-8/h5H,1-4H3. The van der Waals surface area contributed by atoms with Crippen LogP contribution in [0.2, 0.25) is 0 Å². The van der Waals surface area contributed by atoms with E-state index in [1.165, 1.54) is 0 Å². The van der Waals surface area contributed by atoms with E-state index >= 15 is 0 Å². The molecule has 0 aliphatic heterocycles. The van der Waals surface area contributed by atoms with E-state index in [1.807, 2.05) is 13.8 Å². The molecule has 0 heterocycles. The van der Waals surface area contributed by atoms with Crippen LogP contribution in [0.4, 0.5) is 0 Å². The minimum absolute atomic E-state index is 0.00974. The largest absolute Gasteiger partial charge is 0.483 e. The van der Waals surface area contributed by atoms with Gasteiger partial charge in [0.1, 0.15) is 0 Å². The van der Waals surface area contributed by atoms with Gasteiger partial charge in [-0.3, -0.25) is 4.57 Å². The zero-order chi connectivity index (χ0) is 8.20. The molecule has 0 rings (SSSR count). The summed E-state index contributed by atoms with van der Waals surface area (Å²) in [6.07, 6.45) is 1.62. The molecule has 0 bridgehead atoms. The van der Waals surface area contributed by atoms with Crippen LogP contribution < -0.4 is 0 Å². The van der Waals surface area contributed by atoms with Crippen molar-refractivity contribution in [3.8, 4) is 0 Å². The first-order valence-electron chi connectivity index (χ1n) is 3.13. The van der Waals surface area contributed by atoms with E-state index in [9.17, 15) is 4.57 Å². The molecule has 0 saturated carbocycles. The Balaban J connectivity index is 3.90. The van der Waals surface area contributed by atoms with Gasteiger partial charge in [0.15, 0.2) is 5.34 Å². The van der Waals surface area contributed by atoms with Crippen LogP contribution in [0.25, 0.3) is 0 Å². The summed E-state index contributed by atoms with van der Waals surface area (Å²) >= 11 is 0. The molecular formula is C7H13O2P. The Morgan fingerprint density at radius 1 is 1.50 bits per heavy atom. The monoisotopic (exact) mass is 160 g/mol. The fraction of sp³-hybridized carbons (Fsp3) is 0.714. The molecule has 0 atom stereocenters. The van der Waals surface area contributed by atoms with Gasteiger partial charge in [0, 0.05) is 0 Å². The van der Waals surface area contributed by atoms with Gasteiger partial charge in [-0.25, -0.2) is 0 Å². The van der Waals surface area contributed by atoms with E-state index in [0.717, 1.165) is 5.57 Å². The summed E-state index contributed by atoms with van der Waals surface area (Å²) in [7, 11) is 0.00974. The zero-order valence-electron chi connectivity index (χ0n) is 6.84. The second-order valence-electron chi connectivity index (χ2n) is 2.85. The highest BCUT2D eigenvalue weighted by Gasteiger charge is 2.16. The van der Waals surface area contributed by atoms with E-state index in [1.54, 1.807) is 20.1 Å². The Morgan fingerprint density at radius 3 is 2.30 bits per heavy atom. The van der Waals surface area contributed by atoms with E-state index in [0.29, 0.717) is 0 Å². The third-order valence-corrected chi connectivity index (χ3v) is 1.35. The number of hydrogen-bond acceptors (Lipinski definition) is 2. The molecule has 0 saturated heterocycles. The number of allylic oxidation sites excluding steroid dienone is 1. The van der Waals surface area contributed by atoms with Crippen molar-refractivity contribution in [2.75, 3.05) is 0 Å². The minimum Gasteiger partial charge on any atom is -0.483 e. The van der Waals surface area contributed by atoms with Crippen LogP contribution in [0.5, 0.6) is 0 Å². The first-order chi connectivity index (χ1) is 4.48. The Labute approximate surface area is 63.5 Å². The maximum atomic E-state index is 10.4. The molecule has 58 valence electrons. The average Bonchev–Trinajstić information content (AvgIpc) is 1.85. The van der Waals surface area contributed by atoms with E-state index in [4.69, 9.17) is 4.74 Å². The summed E-state index contributed by atoms with van der Waals surface area (Å²) in [5.74, 6) is 0. The number of ether oxygens (including phenoxy) is 1. The molecular weight excluding hydrogens is 147 g/mol. The van der Waals surface area contributed by atoms with E-state index < -0.39 is 5.34 Å². The molecule has 0 aromatic rings. The van der Waals surface area contributed by atoms with E-state index in [2.05, 4.69) is 0 Å². The summed E-state index contributed by atoms with van der Waals surface area (Å²) in [5, 5.41) is -0.586. The summed E-state index contributed by atoms with van der Waals surface area (Å²) in [5.41, 5.74) is 1.07. The van der Waals surface area contributed by atoms with Crippen molar-refractivity contribution in [1.82, 2.24) is 0 Å². The highest BCUT2D eigenvalue weighted by atomic mass is 31.1. The van der Waals surface area contributed by atoms with Crippen molar-refractivity contribution in [1.29, 1.82) is 0 Å². The summed E-state index contributed by atoms with van der Waals surface area (Å²) in [6.45, 7) is 7.39. The fourth-order valence-corrected chi connectivity index (χ4v) is 0.379. The van der Waals surface area contributed by atoms with Crippen molar-refractivity contribution in [3.63, 3.8) is 0 Å². The average molecular weight is 160 g/mol. The van der Waals surface area contributed by atoms with Crippen LogP contribution in [-0.2, 0) is 9.30 Å². The third kappa shape index (κ3) is 4.51. The molecule has 0 aliphatic carbocycles. The van der Waals surface area contributed by atoms with E-state index in [-0.39, 0.29) is 8.46 Å². The lowest BCUT2D eigenvalue weighted by Crippen LogP contribution is -2.11. The van der Waals surface area contributed by atoms with Gasteiger partial charge >= 0.3 is 0 Å². The predicted molar refractivity (Wildman–Crippen MR) is 42.2 cm³/mol. The van der Waals surface area contributed by atoms with Crippen LogP contribution in [0.1, 0.15) is 27.7 Å². The predicted octanol–water partition coefficient (Wildman–Crippen LogP) is 2.95. The van der Waals surface area contributed by atoms with Gasteiger partial charge < -0.3 is 4.74 Å². The molecule has 0 unspecified atom stereocenters. The highest BCUT2D eigenvalue weighted by Crippen LogP contribution is 2.23. The Kier molecular flexibility index (Phi) is 3.59. The second-order valence-corrected chi connectivity index (χ2v) is 4.11. The lowest BCUT2D eigenvalue weighted by molar-refractivity contribution is 0.138. The quantitative estimate of drug-likeness (QED) is 0.468. The van der Waals surface area contributed by atoms with Crippen molar-refractivity contribution >= 4 is 8.46 Å². The summed E-state index contributed by atoms with van der Waals surface area (Å²) in [4.78, 5) is 0. The molecule has 0 aromatic heterocycles. The topological polar surface area (TPSA) is 26.3 Å².